The first-order valence-electron chi connectivity index (χ1n) is 5.42. The molecule has 1 aromatic heterocycles. The molecule has 0 radical (unpaired) electrons. The van der Waals surface area contributed by atoms with Gasteiger partial charge in [-0.1, -0.05) is 6.42 Å². The van der Waals surface area contributed by atoms with Crippen LogP contribution < -0.4 is 0 Å². The topological polar surface area (TPSA) is 50.2 Å². The number of nitrogens with zero attached hydrogens (tertiary/aromatic N) is 1. The van der Waals surface area contributed by atoms with E-state index in [2.05, 4.69) is 4.98 Å². The lowest BCUT2D eigenvalue weighted by Gasteiger charge is -2.18. The molecule has 1 aromatic rings. The molecule has 1 N–H and O–H groups in total. The zero-order valence-corrected chi connectivity index (χ0v) is 9.17. The molecule has 0 saturated heterocycles. The average molecular weight is 223 g/mol. The molecule has 0 spiro atoms. The minimum atomic E-state index is -0.902. The number of hydrogen-bond donors (Lipinski definition) is 1. The van der Waals surface area contributed by atoms with Crippen LogP contribution in [-0.4, -0.2) is 16.1 Å². The van der Waals surface area contributed by atoms with Crippen LogP contribution in [0, 0.1) is 11.8 Å². The fraction of sp³-hybridized carbons (Fsp3) is 0.636. The Labute approximate surface area is 92.2 Å². The highest BCUT2D eigenvalue weighted by Gasteiger charge is 2.41. The van der Waals surface area contributed by atoms with Crippen LogP contribution in [0.25, 0.3) is 0 Å². The van der Waals surface area contributed by atoms with Gasteiger partial charge in [0.15, 0.2) is 5.69 Å². The van der Waals surface area contributed by atoms with Crippen LogP contribution in [0.15, 0.2) is 5.38 Å². The molecule has 2 fully saturated rings. The van der Waals surface area contributed by atoms with Gasteiger partial charge in [-0.3, -0.25) is 0 Å². The summed E-state index contributed by atoms with van der Waals surface area (Å²) in [5, 5.41) is 11.5. The summed E-state index contributed by atoms with van der Waals surface area (Å²) in [6, 6.07) is 0. The fourth-order valence-corrected chi connectivity index (χ4v) is 4.10. The van der Waals surface area contributed by atoms with E-state index in [0.29, 0.717) is 5.92 Å². The molecule has 3 atom stereocenters. The number of carbonyl (C=O) groups is 1. The highest BCUT2D eigenvalue weighted by Crippen LogP contribution is 2.53. The van der Waals surface area contributed by atoms with Crippen molar-refractivity contribution in [1.82, 2.24) is 4.98 Å². The SMILES string of the molecule is O=C(O)c1csc(C2CC3CCC2C3)n1. The summed E-state index contributed by atoms with van der Waals surface area (Å²) in [6.45, 7) is 0. The monoisotopic (exact) mass is 223 g/mol. The Morgan fingerprint density at radius 2 is 2.33 bits per heavy atom. The molecule has 3 rings (SSSR count). The maximum atomic E-state index is 10.7. The number of aromatic nitrogens is 1. The van der Waals surface area contributed by atoms with Gasteiger partial charge in [-0.05, 0) is 31.1 Å². The zero-order chi connectivity index (χ0) is 10.4. The molecule has 1 heterocycles. The van der Waals surface area contributed by atoms with Crippen molar-refractivity contribution in [3.05, 3.63) is 16.1 Å². The van der Waals surface area contributed by atoms with Crippen LogP contribution in [-0.2, 0) is 0 Å². The lowest BCUT2D eigenvalue weighted by Crippen LogP contribution is -2.08. The van der Waals surface area contributed by atoms with Crippen molar-refractivity contribution in [3.8, 4) is 0 Å². The Morgan fingerprint density at radius 3 is 2.87 bits per heavy atom. The van der Waals surface area contributed by atoms with Crippen molar-refractivity contribution in [2.45, 2.75) is 31.6 Å². The second-order valence-electron chi connectivity index (χ2n) is 4.66. The number of thiazole rings is 1. The average Bonchev–Trinajstić information content (AvgIpc) is 2.93. The Hall–Kier alpha value is -0.900. The first-order chi connectivity index (χ1) is 7.24. The van der Waals surface area contributed by atoms with Gasteiger partial charge < -0.3 is 5.11 Å². The number of carboxylic acid groups (broad SMARTS) is 1. The van der Waals surface area contributed by atoms with E-state index in [-0.39, 0.29) is 5.69 Å². The summed E-state index contributed by atoms with van der Waals surface area (Å²) in [4.78, 5) is 15.0. The molecule has 4 heteroatoms. The van der Waals surface area contributed by atoms with Crippen LogP contribution in [0.2, 0.25) is 0 Å². The van der Waals surface area contributed by atoms with Crippen LogP contribution >= 0.6 is 11.3 Å². The molecule has 2 bridgehead atoms. The maximum absolute atomic E-state index is 10.7. The van der Waals surface area contributed by atoms with Gasteiger partial charge in [0, 0.05) is 11.3 Å². The lowest BCUT2D eigenvalue weighted by atomic mass is 9.89. The predicted molar refractivity (Wildman–Crippen MR) is 57.3 cm³/mol. The van der Waals surface area contributed by atoms with Gasteiger partial charge >= 0.3 is 5.97 Å². The summed E-state index contributed by atoms with van der Waals surface area (Å²) >= 11 is 1.52. The van der Waals surface area contributed by atoms with Gasteiger partial charge in [0.2, 0.25) is 0 Å². The highest BCUT2D eigenvalue weighted by molar-refractivity contribution is 7.09. The smallest absolute Gasteiger partial charge is 0.355 e. The number of aromatic carboxylic acids is 1. The highest BCUT2D eigenvalue weighted by atomic mass is 32.1. The number of hydrogen-bond acceptors (Lipinski definition) is 3. The van der Waals surface area contributed by atoms with Crippen molar-refractivity contribution in [2.75, 3.05) is 0 Å². The Morgan fingerprint density at radius 1 is 1.47 bits per heavy atom. The van der Waals surface area contributed by atoms with E-state index in [1.54, 1.807) is 5.38 Å². The zero-order valence-electron chi connectivity index (χ0n) is 8.35. The standard InChI is InChI=1S/C11H13NO2S/c13-11(14)9-5-15-10(12-9)8-4-6-1-2-7(8)3-6/h5-8H,1-4H2,(H,13,14). The molecule has 3 unspecified atom stereocenters. The Bertz CT molecular complexity index is 401. The van der Waals surface area contributed by atoms with E-state index < -0.39 is 5.97 Å². The fourth-order valence-electron chi connectivity index (χ4n) is 3.10. The molecule has 2 saturated carbocycles. The molecule has 2 aliphatic rings. The number of fused-ring (bicyclic) bond motifs is 2. The van der Waals surface area contributed by atoms with Crippen LogP contribution in [0.3, 0.4) is 0 Å². The second-order valence-corrected chi connectivity index (χ2v) is 5.55. The third-order valence-electron chi connectivity index (χ3n) is 3.80. The molecule has 3 nitrogen and oxygen atoms in total. The normalized spacial score (nSPS) is 33.5. The molecule has 0 amide bonds. The van der Waals surface area contributed by atoms with E-state index in [1.807, 2.05) is 0 Å². The first-order valence-corrected chi connectivity index (χ1v) is 6.30. The summed E-state index contributed by atoms with van der Waals surface area (Å²) in [6.07, 6.45) is 5.26. The molecule has 0 aromatic carbocycles. The van der Waals surface area contributed by atoms with Crippen molar-refractivity contribution in [2.24, 2.45) is 11.8 Å². The molecule has 80 valence electrons. The van der Waals surface area contributed by atoms with Gasteiger partial charge in [-0.25, -0.2) is 9.78 Å². The van der Waals surface area contributed by atoms with E-state index >= 15 is 0 Å². The van der Waals surface area contributed by atoms with E-state index in [0.717, 1.165) is 16.8 Å². The van der Waals surface area contributed by atoms with E-state index in [1.165, 1.54) is 37.0 Å². The molecular weight excluding hydrogens is 210 g/mol. The molecular formula is C11H13NO2S. The quantitative estimate of drug-likeness (QED) is 0.838. The van der Waals surface area contributed by atoms with Crippen LogP contribution in [0.1, 0.15) is 47.1 Å². The molecule has 15 heavy (non-hydrogen) atoms. The Balaban J connectivity index is 1.84. The second kappa shape index (κ2) is 3.30. The van der Waals surface area contributed by atoms with Crippen molar-refractivity contribution in [3.63, 3.8) is 0 Å². The Kier molecular flexibility index (Phi) is 2.06. The maximum Gasteiger partial charge on any atom is 0.355 e. The van der Waals surface area contributed by atoms with E-state index in [9.17, 15) is 4.79 Å². The van der Waals surface area contributed by atoms with Crippen molar-refractivity contribution < 1.29 is 9.90 Å². The third-order valence-corrected chi connectivity index (χ3v) is 4.77. The van der Waals surface area contributed by atoms with Gasteiger partial charge in [0.1, 0.15) is 0 Å². The summed E-state index contributed by atoms with van der Waals surface area (Å²) < 4.78 is 0. The lowest BCUT2D eigenvalue weighted by molar-refractivity contribution is 0.0691. The van der Waals surface area contributed by atoms with E-state index in [4.69, 9.17) is 5.11 Å². The predicted octanol–water partition coefficient (Wildman–Crippen LogP) is 2.74. The number of carboxylic acids is 1. The number of rotatable bonds is 2. The largest absolute Gasteiger partial charge is 0.476 e. The summed E-state index contributed by atoms with van der Waals surface area (Å²) in [5.41, 5.74) is 0.220. The van der Waals surface area contributed by atoms with Gasteiger partial charge in [0.25, 0.3) is 0 Å². The van der Waals surface area contributed by atoms with Crippen molar-refractivity contribution in [1.29, 1.82) is 0 Å². The van der Waals surface area contributed by atoms with Gasteiger partial charge in [-0.2, -0.15) is 0 Å². The van der Waals surface area contributed by atoms with Crippen molar-refractivity contribution >= 4 is 17.3 Å². The summed E-state index contributed by atoms with van der Waals surface area (Å²) in [5.74, 6) is 1.32. The van der Waals surface area contributed by atoms with Crippen LogP contribution in [0.4, 0.5) is 0 Å². The third kappa shape index (κ3) is 1.47. The van der Waals surface area contributed by atoms with Crippen LogP contribution in [0.5, 0.6) is 0 Å². The van der Waals surface area contributed by atoms with Gasteiger partial charge in [-0.15, -0.1) is 11.3 Å². The molecule has 2 aliphatic carbocycles. The first kappa shape index (κ1) is 9.33. The summed E-state index contributed by atoms with van der Waals surface area (Å²) in [7, 11) is 0. The minimum Gasteiger partial charge on any atom is -0.476 e. The minimum absolute atomic E-state index is 0.220. The molecule has 0 aliphatic heterocycles. The van der Waals surface area contributed by atoms with Gasteiger partial charge in [0.05, 0.1) is 5.01 Å².